The fourth-order valence-electron chi connectivity index (χ4n) is 1.62. The lowest BCUT2D eigenvalue weighted by Crippen LogP contribution is -2.25. The van der Waals surface area contributed by atoms with Crippen molar-refractivity contribution >= 4 is 17.2 Å². The minimum atomic E-state index is 0.0278. The van der Waals surface area contributed by atoms with E-state index in [0.29, 0.717) is 6.54 Å². The first-order chi connectivity index (χ1) is 8.09. The Labute approximate surface area is 104 Å². The van der Waals surface area contributed by atoms with Crippen LogP contribution in [0.3, 0.4) is 0 Å². The highest BCUT2D eigenvalue weighted by Gasteiger charge is 2.17. The van der Waals surface area contributed by atoms with E-state index < -0.39 is 0 Å². The zero-order valence-corrected chi connectivity index (χ0v) is 10.9. The predicted octanol–water partition coefficient (Wildman–Crippen LogP) is 2.63. The standard InChI is InChI=1S/C12H14N2O2S/c1-8-10(9(2)16-13-8)7-14(3)12(15)11-5-4-6-17-11/h4-6H,7H2,1-3H3. The average Bonchev–Trinajstić information content (AvgIpc) is 2.93. The van der Waals surface area contributed by atoms with Gasteiger partial charge in [-0.15, -0.1) is 11.3 Å². The van der Waals surface area contributed by atoms with Gasteiger partial charge in [-0.1, -0.05) is 11.2 Å². The maximum Gasteiger partial charge on any atom is 0.263 e. The van der Waals surface area contributed by atoms with Crippen LogP contribution in [0.1, 0.15) is 26.7 Å². The first-order valence-corrected chi connectivity index (χ1v) is 6.18. The quantitative estimate of drug-likeness (QED) is 0.841. The zero-order chi connectivity index (χ0) is 12.4. The van der Waals surface area contributed by atoms with Crippen molar-refractivity contribution in [2.45, 2.75) is 20.4 Å². The molecule has 0 aliphatic carbocycles. The number of hydrogen-bond acceptors (Lipinski definition) is 4. The number of carbonyl (C=O) groups excluding carboxylic acids is 1. The molecule has 0 radical (unpaired) electrons. The van der Waals surface area contributed by atoms with E-state index in [9.17, 15) is 4.79 Å². The van der Waals surface area contributed by atoms with Crippen LogP contribution in [0, 0.1) is 13.8 Å². The second kappa shape index (κ2) is 4.71. The SMILES string of the molecule is Cc1noc(C)c1CN(C)C(=O)c1cccs1. The van der Waals surface area contributed by atoms with Gasteiger partial charge in [-0.3, -0.25) is 4.79 Å². The minimum absolute atomic E-state index is 0.0278. The summed E-state index contributed by atoms with van der Waals surface area (Å²) in [6.07, 6.45) is 0. The third-order valence-electron chi connectivity index (χ3n) is 2.66. The van der Waals surface area contributed by atoms with Gasteiger partial charge in [0, 0.05) is 12.6 Å². The summed E-state index contributed by atoms with van der Waals surface area (Å²) in [5.41, 5.74) is 1.82. The lowest BCUT2D eigenvalue weighted by Gasteiger charge is -2.15. The molecule has 0 aromatic carbocycles. The maximum atomic E-state index is 12.0. The van der Waals surface area contributed by atoms with Crippen molar-refractivity contribution in [2.24, 2.45) is 0 Å². The molecular weight excluding hydrogens is 236 g/mol. The molecule has 5 heteroatoms. The summed E-state index contributed by atoms with van der Waals surface area (Å²) in [6, 6.07) is 3.71. The number of amides is 1. The summed E-state index contributed by atoms with van der Waals surface area (Å²) in [4.78, 5) is 14.5. The molecule has 0 spiro atoms. The highest BCUT2D eigenvalue weighted by Crippen LogP contribution is 2.17. The molecule has 0 aliphatic heterocycles. The molecule has 0 saturated heterocycles. The van der Waals surface area contributed by atoms with Gasteiger partial charge in [-0.25, -0.2) is 0 Å². The van der Waals surface area contributed by atoms with E-state index in [0.717, 1.165) is 21.9 Å². The molecular formula is C12H14N2O2S. The van der Waals surface area contributed by atoms with E-state index >= 15 is 0 Å². The number of aryl methyl sites for hydroxylation is 2. The smallest absolute Gasteiger partial charge is 0.263 e. The van der Waals surface area contributed by atoms with Crippen LogP contribution in [0.2, 0.25) is 0 Å². The molecule has 4 nitrogen and oxygen atoms in total. The largest absolute Gasteiger partial charge is 0.361 e. The second-order valence-corrected chi connectivity index (χ2v) is 4.89. The second-order valence-electron chi connectivity index (χ2n) is 3.94. The van der Waals surface area contributed by atoms with Crippen molar-refractivity contribution in [2.75, 3.05) is 7.05 Å². The van der Waals surface area contributed by atoms with Crippen LogP contribution in [0.25, 0.3) is 0 Å². The van der Waals surface area contributed by atoms with Gasteiger partial charge in [0.25, 0.3) is 5.91 Å². The van der Waals surface area contributed by atoms with E-state index in [1.54, 1.807) is 11.9 Å². The van der Waals surface area contributed by atoms with Gasteiger partial charge < -0.3 is 9.42 Å². The molecule has 0 aliphatic rings. The normalized spacial score (nSPS) is 10.5. The lowest BCUT2D eigenvalue weighted by molar-refractivity contribution is 0.0789. The van der Waals surface area contributed by atoms with Gasteiger partial charge in [-0.05, 0) is 25.3 Å². The first-order valence-electron chi connectivity index (χ1n) is 5.30. The lowest BCUT2D eigenvalue weighted by atomic mass is 10.2. The van der Waals surface area contributed by atoms with E-state index in [-0.39, 0.29) is 5.91 Å². The Kier molecular flexibility index (Phi) is 3.28. The molecule has 2 rings (SSSR count). The van der Waals surface area contributed by atoms with Crippen molar-refractivity contribution in [1.29, 1.82) is 0 Å². The van der Waals surface area contributed by atoms with Gasteiger partial charge >= 0.3 is 0 Å². The Balaban J connectivity index is 2.12. The summed E-state index contributed by atoms with van der Waals surface area (Å²) in [7, 11) is 1.79. The number of aromatic nitrogens is 1. The van der Waals surface area contributed by atoms with Crippen LogP contribution >= 0.6 is 11.3 Å². The Bertz CT molecular complexity index is 497. The number of thiophene rings is 1. The van der Waals surface area contributed by atoms with Gasteiger partial charge in [0.2, 0.25) is 0 Å². The number of rotatable bonds is 3. The Morgan fingerprint density at radius 2 is 2.29 bits per heavy atom. The van der Waals surface area contributed by atoms with Crippen molar-refractivity contribution < 1.29 is 9.32 Å². The molecule has 90 valence electrons. The van der Waals surface area contributed by atoms with Crippen LogP contribution in [0.5, 0.6) is 0 Å². The summed E-state index contributed by atoms with van der Waals surface area (Å²) in [5.74, 6) is 0.799. The Hall–Kier alpha value is -1.62. The minimum Gasteiger partial charge on any atom is -0.361 e. The summed E-state index contributed by atoms with van der Waals surface area (Å²) < 4.78 is 5.08. The highest BCUT2D eigenvalue weighted by atomic mass is 32.1. The molecule has 0 bridgehead atoms. The summed E-state index contributed by atoms with van der Waals surface area (Å²) in [6.45, 7) is 4.27. The molecule has 0 fully saturated rings. The van der Waals surface area contributed by atoms with E-state index in [1.165, 1.54) is 11.3 Å². The topological polar surface area (TPSA) is 46.3 Å². The van der Waals surface area contributed by atoms with E-state index in [1.807, 2.05) is 31.4 Å². The van der Waals surface area contributed by atoms with Crippen molar-refractivity contribution in [3.05, 3.63) is 39.4 Å². The number of nitrogens with zero attached hydrogens (tertiary/aromatic N) is 2. The molecule has 0 unspecified atom stereocenters. The Morgan fingerprint density at radius 1 is 1.53 bits per heavy atom. The molecule has 2 aromatic rings. The van der Waals surface area contributed by atoms with E-state index in [2.05, 4.69) is 5.16 Å². The van der Waals surface area contributed by atoms with Gasteiger partial charge in [0.15, 0.2) is 0 Å². The van der Waals surface area contributed by atoms with E-state index in [4.69, 9.17) is 4.52 Å². The van der Waals surface area contributed by atoms with Crippen molar-refractivity contribution in [3.63, 3.8) is 0 Å². The predicted molar refractivity (Wildman–Crippen MR) is 66.1 cm³/mol. The number of carbonyl (C=O) groups is 1. The first kappa shape index (κ1) is 11.9. The monoisotopic (exact) mass is 250 g/mol. The maximum absolute atomic E-state index is 12.0. The van der Waals surface area contributed by atoms with Gasteiger partial charge in [0.05, 0.1) is 17.1 Å². The van der Waals surface area contributed by atoms with Crippen LogP contribution in [0.15, 0.2) is 22.0 Å². The molecule has 17 heavy (non-hydrogen) atoms. The Morgan fingerprint density at radius 3 is 2.82 bits per heavy atom. The van der Waals surface area contributed by atoms with Gasteiger partial charge in [-0.2, -0.15) is 0 Å². The van der Waals surface area contributed by atoms with Gasteiger partial charge in [0.1, 0.15) is 5.76 Å². The molecule has 0 N–H and O–H groups in total. The molecule has 0 atom stereocenters. The van der Waals surface area contributed by atoms with Crippen molar-refractivity contribution in [3.8, 4) is 0 Å². The number of hydrogen-bond donors (Lipinski definition) is 0. The molecule has 0 saturated carbocycles. The van der Waals surface area contributed by atoms with Crippen LogP contribution in [-0.4, -0.2) is 23.0 Å². The molecule has 2 heterocycles. The summed E-state index contributed by atoms with van der Waals surface area (Å²) in [5, 5.41) is 5.78. The molecule has 1 amide bonds. The van der Waals surface area contributed by atoms with Crippen LogP contribution in [-0.2, 0) is 6.54 Å². The fraction of sp³-hybridized carbons (Fsp3) is 0.333. The van der Waals surface area contributed by atoms with Crippen LogP contribution in [0.4, 0.5) is 0 Å². The zero-order valence-electron chi connectivity index (χ0n) is 10.1. The summed E-state index contributed by atoms with van der Waals surface area (Å²) >= 11 is 1.45. The third kappa shape index (κ3) is 2.39. The average molecular weight is 250 g/mol. The van der Waals surface area contributed by atoms with Crippen molar-refractivity contribution in [1.82, 2.24) is 10.1 Å². The third-order valence-corrected chi connectivity index (χ3v) is 3.51. The highest BCUT2D eigenvalue weighted by molar-refractivity contribution is 7.12. The molecule has 2 aromatic heterocycles. The van der Waals surface area contributed by atoms with Crippen LogP contribution < -0.4 is 0 Å². The fourth-order valence-corrected chi connectivity index (χ4v) is 2.34.